The van der Waals surface area contributed by atoms with Gasteiger partial charge in [-0.2, -0.15) is 0 Å². The van der Waals surface area contributed by atoms with Crippen molar-refractivity contribution in [2.24, 2.45) is 0 Å². The number of nitrogens with one attached hydrogen (secondary N) is 1. The van der Waals surface area contributed by atoms with Crippen LogP contribution in [-0.4, -0.2) is 25.1 Å². The summed E-state index contributed by atoms with van der Waals surface area (Å²) in [4.78, 5) is 19.2. The fourth-order valence-electron chi connectivity index (χ4n) is 1.06. The molecular weight excluding hydrogens is 327 g/mol. The Morgan fingerprint density at radius 2 is 2.17 bits per heavy atom. The van der Waals surface area contributed by atoms with Crippen molar-refractivity contribution < 1.29 is 14.5 Å². The van der Waals surface area contributed by atoms with Crippen molar-refractivity contribution in [3.8, 4) is 0 Å². The Morgan fingerprint density at radius 1 is 1.61 bits per heavy atom. The highest BCUT2D eigenvalue weighted by Crippen LogP contribution is 2.35. The predicted molar refractivity (Wildman–Crippen MR) is 73.0 cm³/mol. The van der Waals surface area contributed by atoms with Crippen LogP contribution in [0.25, 0.3) is 0 Å². The number of carbonyl (C=O) groups excluding carboxylic acids is 1. The minimum absolute atomic E-state index is 0.0220. The van der Waals surface area contributed by atoms with E-state index in [9.17, 15) is 10.1 Å². The first-order chi connectivity index (χ1) is 8.47. The van der Waals surface area contributed by atoms with E-state index in [0.717, 1.165) is 0 Å². The molecule has 0 bridgehead atoms. The zero-order valence-electron chi connectivity index (χ0n) is 9.78. The van der Waals surface area contributed by atoms with Gasteiger partial charge in [0.25, 0.3) is 12.2 Å². The zero-order chi connectivity index (χ0) is 14.1. The van der Waals surface area contributed by atoms with Gasteiger partial charge < -0.3 is 10.1 Å². The lowest BCUT2D eigenvalue weighted by molar-refractivity contribution is -0.384. The number of carbonyl (C=O) groups is 1. The van der Waals surface area contributed by atoms with E-state index in [1.165, 1.54) is 13.2 Å². The lowest BCUT2D eigenvalue weighted by atomic mass is 10.2. The van der Waals surface area contributed by atoms with Crippen molar-refractivity contribution in [2.75, 3.05) is 19.0 Å². The smallest absolute Gasteiger partial charge is 0.294 e. The first-order valence-electron chi connectivity index (χ1n) is 4.81. The number of benzene rings is 1. The van der Waals surface area contributed by atoms with Gasteiger partial charge in [-0.1, -0.05) is 11.6 Å². The zero-order valence-corrected chi connectivity index (χ0v) is 12.1. The van der Waals surface area contributed by atoms with E-state index in [0.29, 0.717) is 28.2 Å². The van der Waals surface area contributed by atoms with Crippen LogP contribution in [0.4, 0.5) is 11.4 Å². The summed E-state index contributed by atoms with van der Waals surface area (Å²) >= 11 is 8.92. The molecule has 0 unspecified atom stereocenters. The monoisotopic (exact) mass is 338 g/mol. The number of hydrogen-bond acceptors (Lipinski definition) is 5. The van der Waals surface area contributed by atoms with Crippen LogP contribution < -0.4 is 5.32 Å². The normalized spacial score (nSPS) is 8.89. The quantitative estimate of drug-likeness (QED) is 0.517. The van der Waals surface area contributed by atoms with Crippen LogP contribution in [0.5, 0.6) is 0 Å². The highest BCUT2D eigenvalue weighted by Gasteiger charge is 2.17. The number of halogens is 2. The van der Waals surface area contributed by atoms with Crippen LogP contribution in [-0.2, 0) is 9.53 Å². The number of anilines is 1. The van der Waals surface area contributed by atoms with Crippen molar-refractivity contribution in [1.29, 1.82) is 0 Å². The first kappa shape index (κ1) is 16.7. The van der Waals surface area contributed by atoms with Gasteiger partial charge in [0.1, 0.15) is 5.69 Å². The summed E-state index contributed by atoms with van der Waals surface area (Å²) in [6.45, 7) is 2.85. The summed E-state index contributed by atoms with van der Waals surface area (Å²) in [6, 6.07) is 2.94. The van der Waals surface area contributed by atoms with Crippen LogP contribution in [0, 0.1) is 10.1 Å². The minimum Gasteiger partial charge on any atom is -0.471 e. The number of methoxy groups -OCH3 is 1. The maximum absolute atomic E-state index is 10.7. The Kier molecular flexibility index (Phi) is 8.06. The maximum Gasteiger partial charge on any atom is 0.294 e. The third kappa shape index (κ3) is 5.33. The Morgan fingerprint density at radius 3 is 2.56 bits per heavy atom. The number of ether oxygens (including phenoxy) is 1. The van der Waals surface area contributed by atoms with Gasteiger partial charge in [-0.15, -0.1) is 0 Å². The second kappa shape index (κ2) is 8.71. The number of hydrogen-bond donors (Lipinski definition) is 1. The summed E-state index contributed by atoms with van der Waals surface area (Å²) in [6.07, 6.45) is 0. The van der Waals surface area contributed by atoms with Crippen molar-refractivity contribution in [3.63, 3.8) is 0 Å². The van der Waals surface area contributed by atoms with Crippen molar-refractivity contribution in [3.05, 3.63) is 31.7 Å². The molecule has 1 aromatic carbocycles. The van der Waals surface area contributed by atoms with Gasteiger partial charge in [0.2, 0.25) is 0 Å². The van der Waals surface area contributed by atoms with Crippen molar-refractivity contribution in [1.82, 2.24) is 0 Å². The molecule has 1 aromatic rings. The molecule has 0 aliphatic rings. The first-order valence-corrected chi connectivity index (χ1v) is 5.98. The molecule has 0 saturated carbocycles. The van der Waals surface area contributed by atoms with Gasteiger partial charge in [-0.3, -0.25) is 14.9 Å². The van der Waals surface area contributed by atoms with Gasteiger partial charge in [0.05, 0.1) is 12.0 Å². The third-order valence-electron chi connectivity index (χ3n) is 1.68. The van der Waals surface area contributed by atoms with Gasteiger partial charge in [-0.05, 0) is 28.9 Å². The Balaban J connectivity index is 0.000000631. The molecule has 1 N–H and O–H groups in total. The van der Waals surface area contributed by atoms with E-state index in [1.807, 2.05) is 6.92 Å². The van der Waals surface area contributed by atoms with Gasteiger partial charge in [0.15, 0.2) is 0 Å². The van der Waals surface area contributed by atoms with Crippen LogP contribution in [0.1, 0.15) is 6.92 Å². The molecule has 1 rings (SSSR count). The van der Waals surface area contributed by atoms with E-state index in [2.05, 4.69) is 26.0 Å². The van der Waals surface area contributed by atoms with Gasteiger partial charge >= 0.3 is 0 Å². The van der Waals surface area contributed by atoms with E-state index >= 15 is 0 Å². The van der Waals surface area contributed by atoms with Crippen LogP contribution in [0.2, 0.25) is 5.02 Å². The van der Waals surface area contributed by atoms with Crippen molar-refractivity contribution in [2.45, 2.75) is 6.92 Å². The maximum atomic E-state index is 10.7. The molecule has 0 aliphatic carbocycles. The highest BCUT2D eigenvalue weighted by molar-refractivity contribution is 9.10. The number of rotatable bonds is 4. The Hall–Kier alpha value is -1.34. The lowest BCUT2D eigenvalue weighted by Gasteiger charge is -2.06. The molecule has 0 heterocycles. The van der Waals surface area contributed by atoms with Crippen LogP contribution in [0.15, 0.2) is 16.6 Å². The summed E-state index contributed by atoms with van der Waals surface area (Å²) in [5, 5.41) is 13.9. The van der Waals surface area contributed by atoms with Crippen LogP contribution >= 0.6 is 27.5 Å². The van der Waals surface area contributed by atoms with E-state index in [4.69, 9.17) is 16.4 Å². The molecule has 0 atom stereocenters. The molecule has 0 aromatic heterocycles. The largest absolute Gasteiger partial charge is 0.471 e. The standard InChI is InChI=1S/C8H8BrClN2O2.C2H4O2/c1-2-11-8-6(9)3-5(10)4-7(8)12(13)14;1-4-2-3/h3-4,11H,2H2,1H3;2H,1H3. The Labute approximate surface area is 118 Å². The fourth-order valence-corrected chi connectivity index (χ4v) is 1.99. The van der Waals surface area contributed by atoms with Crippen LogP contribution in [0.3, 0.4) is 0 Å². The Bertz CT molecular complexity index is 429. The summed E-state index contributed by atoms with van der Waals surface area (Å²) in [5.41, 5.74) is 0.438. The highest BCUT2D eigenvalue weighted by atomic mass is 79.9. The molecule has 6 nitrogen and oxygen atoms in total. The molecular formula is C10H12BrClN2O4. The summed E-state index contributed by atoms with van der Waals surface area (Å²) in [5.74, 6) is 0. The number of nitro benzene ring substituents is 1. The van der Waals surface area contributed by atoms with E-state index in [1.54, 1.807) is 6.07 Å². The average Bonchev–Trinajstić information content (AvgIpc) is 2.32. The fraction of sp³-hybridized carbons (Fsp3) is 0.300. The van der Waals surface area contributed by atoms with Gasteiger partial charge in [-0.25, -0.2) is 0 Å². The second-order valence-corrected chi connectivity index (χ2v) is 4.19. The van der Waals surface area contributed by atoms with Crippen molar-refractivity contribution >= 4 is 45.4 Å². The summed E-state index contributed by atoms with van der Waals surface area (Å²) < 4.78 is 4.46. The molecule has 8 heteroatoms. The molecule has 0 amide bonds. The van der Waals surface area contributed by atoms with E-state index in [-0.39, 0.29) is 5.69 Å². The average molecular weight is 340 g/mol. The predicted octanol–water partition coefficient (Wildman–Crippen LogP) is 3.23. The molecule has 18 heavy (non-hydrogen) atoms. The molecule has 0 saturated heterocycles. The SMILES string of the molecule is CCNc1c(Br)cc(Cl)cc1[N+](=O)[O-].COC=O. The third-order valence-corrected chi connectivity index (χ3v) is 2.52. The summed E-state index contributed by atoms with van der Waals surface area (Å²) in [7, 11) is 1.31. The molecule has 100 valence electrons. The number of nitro groups is 1. The number of nitrogens with zero attached hydrogens (tertiary/aromatic N) is 1. The topological polar surface area (TPSA) is 81.5 Å². The second-order valence-electron chi connectivity index (χ2n) is 2.90. The van der Waals surface area contributed by atoms with Gasteiger partial charge in [0, 0.05) is 22.1 Å². The molecule has 0 aliphatic heterocycles. The van der Waals surface area contributed by atoms with E-state index < -0.39 is 4.92 Å². The lowest BCUT2D eigenvalue weighted by Crippen LogP contribution is -2.02. The molecule has 0 fully saturated rings. The molecule has 0 radical (unpaired) electrons. The molecule has 0 spiro atoms. The minimum atomic E-state index is -0.464.